The van der Waals surface area contributed by atoms with Crippen LogP contribution < -0.4 is 15.0 Å². The van der Waals surface area contributed by atoms with E-state index in [9.17, 15) is 10.1 Å². The van der Waals surface area contributed by atoms with E-state index in [1.807, 2.05) is 12.1 Å². The molecule has 4 saturated heterocycles. The van der Waals surface area contributed by atoms with E-state index in [0.717, 1.165) is 71.0 Å². The van der Waals surface area contributed by atoms with Crippen LogP contribution in [0.2, 0.25) is 0 Å². The molecule has 3 aromatic rings. The Balaban J connectivity index is 0.960. The zero-order chi connectivity index (χ0) is 31.5. The third-order valence-electron chi connectivity index (χ3n) is 9.38. The van der Waals surface area contributed by atoms with Crippen molar-refractivity contribution in [2.75, 3.05) is 75.8 Å². The standard InChI is InChI=1S/C34H39FN8O3/c35-29-21-43(34(44)42-12-1-2-13-42)14-10-31(29)46-30-8-3-24(19-25(30)20-36)33-37-11-9-32(39-33)38-26-4-6-27(7-5-26)40-15-17-41(18-16-40)28-22-45-23-28/h3-9,11,19,28-29,31H,1-2,10,12-18,21-23H2,(H,37,38,39)/t29-,31+/m1/s1. The van der Waals surface area contributed by atoms with Gasteiger partial charge in [0.1, 0.15) is 23.7 Å². The van der Waals surface area contributed by atoms with Gasteiger partial charge in [-0.3, -0.25) is 4.90 Å². The molecular formula is C34H39FN8O3. The smallest absolute Gasteiger partial charge is 0.320 e. The normalized spacial score (nSPS) is 22.3. The first-order valence-electron chi connectivity index (χ1n) is 16.2. The van der Waals surface area contributed by atoms with Gasteiger partial charge in [-0.25, -0.2) is 19.2 Å². The molecule has 0 saturated carbocycles. The summed E-state index contributed by atoms with van der Waals surface area (Å²) in [5.41, 5.74) is 3.04. The van der Waals surface area contributed by atoms with E-state index in [1.54, 1.807) is 40.3 Å². The Bertz CT molecular complexity index is 1570. The molecule has 0 unspecified atom stereocenters. The van der Waals surface area contributed by atoms with Gasteiger partial charge in [0.2, 0.25) is 0 Å². The number of nitrogens with zero attached hydrogens (tertiary/aromatic N) is 7. The number of rotatable bonds is 7. The van der Waals surface area contributed by atoms with Crippen molar-refractivity contribution in [2.45, 2.75) is 37.6 Å². The van der Waals surface area contributed by atoms with Gasteiger partial charge in [-0.15, -0.1) is 0 Å². The summed E-state index contributed by atoms with van der Waals surface area (Å²) in [5.74, 6) is 1.39. The van der Waals surface area contributed by atoms with Crippen LogP contribution >= 0.6 is 0 Å². The molecule has 2 aromatic carbocycles. The predicted molar refractivity (Wildman–Crippen MR) is 172 cm³/mol. The molecule has 7 rings (SSSR count). The van der Waals surface area contributed by atoms with Crippen molar-refractivity contribution < 1.29 is 18.7 Å². The fourth-order valence-electron chi connectivity index (χ4n) is 6.57. The lowest BCUT2D eigenvalue weighted by molar-refractivity contribution is -0.0660. The van der Waals surface area contributed by atoms with Crippen LogP contribution in [0.1, 0.15) is 24.8 Å². The van der Waals surface area contributed by atoms with Crippen LogP contribution in [0.25, 0.3) is 11.4 Å². The highest BCUT2D eigenvalue weighted by Gasteiger charge is 2.35. The number of halogens is 1. The van der Waals surface area contributed by atoms with Crippen LogP contribution in [-0.2, 0) is 4.74 Å². The maximum Gasteiger partial charge on any atom is 0.320 e. The number of hydrogen-bond acceptors (Lipinski definition) is 9. The summed E-state index contributed by atoms with van der Waals surface area (Å²) in [7, 11) is 0. The average Bonchev–Trinajstić information content (AvgIpc) is 3.61. The highest BCUT2D eigenvalue weighted by molar-refractivity contribution is 5.75. The molecule has 2 amide bonds. The van der Waals surface area contributed by atoms with Crippen LogP contribution in [0.4, 0.5) is 26.4 Å². The number of piperidine rings is 1. The van der Waals surface area contributed by atoms with E-state index in [0.29, 0.717) is 42.0 Å². The second-order valence-corrected chi connectivity index (χ2v) is 12.4. The summed E-state index contributed by atoms with van der Waals surface area (Å²) in [4.78, 5) is 30.1. The van der Waals surface area contributed by atoms with Crippen LogP contribution in [0.5, 0.6) is 5.75 Å². The third kappa shape index (κ3) is 6.57. The van der Waals surface area contributed by atoms with Crippen molar-refractivity contribution in [3.05, 3.63) is 60.3 Å². The van der Waals surface area contributed by atoms with E-state index >= 15 is 4.39 Å². The molecule has 0 spiro atoms. The van der Waals surface area contributed by atoms with E-state index in [4.69, 9.17) is 9.47 Å². The molecule has 5 heterocycles. The monoisotopic (exact) mass is 626 g/mol. The Labute approximate surface area is 268 Å². The molecule has 4 aliphatic rings. The Morgan fingerprint density at radius 2 is 1.76 bits per heavy atom. The summed E-state index contributed by atoms with van der Waals surface area (Å²) in [5, 5.41) is 13.2. The molecule has 0 aliphatic carbocycles. The average molecular weight is 627 g/mol. The van der Waals surface area contributed by atoms with Gasteiger partial charge < -0.3 is 29.5 Å². The largest absolute Gasteiger partial charge is 0.486 e. The molecule has 46 heavy (non-hydrogen) atoms. The lowest BCUT2D eigenvalue weighted by atomic mass is 10.1. The lowest BCUT2D eigenvalue weighted by Crippen LogP contribution is -2.56. The zero-order valence-electron chi connectivity index (χ0n) is 25.9. The van der Waals surface area contributed by atoms with Gasteiger partial charge in [0, 0.05) is 75.4 Å². The SMILES string of the molecule is N#Cc1cc(-c2nccc(Nc3ccc(N4CCN(C5COC5)CC4)cc3)n2)ccc1O[C@H]1CCN(C(=O)N2CCCC2)C[C@H]1F. The Kier molecular flexibility index (Phi) is 8.85. The second-order valence-electron chi connectivity index (χ2n) is 12.4. The molecule has 240 valence electrons. The highest BCUT2D eigenvalue weighted by atomic mass is 19.1. The number of ether oxygens (including phenoxy) is 2. The first kappa shape index (κ1) is 30.2. The molecule has 0 radical (unpaired) electrons. The third-order valence-corrected chi connectivity index (χ3v) is 9.38. The van der Waals surface area contributed by atoms with E-state index < -0.39 is 12.3 Å². The summed E-state index contributed by atoms with van der Waals surface area (Å²) < 4.78 is 26.5. The number of amides is 2. The molecule has 4 aliphatic heterocycles. The first-order chi connectivity index (χ1) is 22.5. The number of alkyl halides is 1. The van der Waals surface area contributed by atoms with Crippen molar-refractivity contribution >= 4 is 23.2 Å². The van der Waals surface area contributed by atoms with Crippen molar-refractivity contribution in [1.29, 1.82) is 5.26 Å². The number of nitrogens with one attached hydrogen (secondary N) is 1. The van der Waals surface area contributed by atoms with Crippen molar-refractivity contribution in [2.24, 2.45) is 0 Å². The fraction of sp³-hybridized carbons (Fsp3) is 0.471. The number of benzene rings is 2. The number of aromatic nitrogens is 2. The first-order valence-corrected chi connectivity index (χ1v) is 16.2. The van der Waals surface area contributed by atoms with Gasteiger partial charge >= 0.3 is 6.03 Å². The number of carbonyl (C=O) groups excluding carboxylic acids is 1. The summed E-state index contributed by atoms with van der Waals surface area (Å²) in [6, 6.07) is 17.9. The van der Waals surface area contributed by atoms with Crippen LogP contribution in [0.15, 0.2) is 54.7 Å². The van der Waals surface area contributed by atoms with Crippen molar-refractivity contribution in [1.82, 2.24) is 24.7 Å². The van der Waals surface area contributed by atoms with Crippen molar-refractivity contribution in [3.8, 4) is 23.2 Å². The fourth-order valence-corrected chi connectivity index (χ4v) is 6.57. The summed E-state index contributed by atoms with van der Waals surface area (Å²) >= 11 is 0. The van der Waals surface area contributed by atoms with Gasteiger partial charge in [0.05, 0.1) is 31.4 Å². The molecule has 11 nitrogen and oxygen atoms in total. The van der Waals surface area contributed by atoms with E-state index in [1.165, 1.54) is 5.69 Å². The van der Waals surface area contributed by atoms with Crippen molar-refractivity contribution in [3.63, 3.8) is 0 Å². The van der Waals surface area contributed by atoms with Crippen LogP contribution in [0, 0.1) is 11.3 Å². The Morgan fingerprint density at radius 3 is 2.46 bits per heavy atom. The molecular weight excluding hydrogens is 587 g/mol. The number of anilines is 3. The molecule has 4 fully saturated rings. The second kappa shape index (κ2) is 13.5. The minimum Gasteiger partial charge on any atom is -0.486 e. The number of piperazine rings is 1. The summed E-state index contributed by atoms with van der Waals surface area (Å²) in [6.07, 6.45) is 1.94. The van der Waals surface area contributed by atoms with Gasteiger partial charge in [-0.1, -0.05) is 0 Å². The minimum absolute atomic E-state index is 0.0100. The van der Waals surface area contributed by atoms with Gasteiger partial charge in [0.25, 0.3) is 0 Å². The van der Waals surface area contributed by atoms with E-state index in [-0.39, 0.29) is 18.1 Å². The topological polar surface area (TPSA) is 110 Å². The quantitative estimate of drug-likeness (QED) is 0.411. The van der Waals surface area contributed by atoms with E-state index in [2.05, 4.69) is 43.3 Å². The number of urea groups is 1. The van der Waals surface area contributed by atoms with Crippen LogP contribution in [-0.4, -0.2) is 115 Å². The number of likely N-dealkylation sites (tertiary alicyclic amines) is 2. The maximum absolute atomic E-state index is 15.2. The Morgan fingerprint density at radius 1 is 0.978 bits per heavy atom. The minimum atomic E-state index is -1.34. The lowest BCUT2D eigenvalue weighted by Gasteiger charge is -2.43. The number of nitriles is 1. The molecule has 0 bridgehead atoms. The van der Waals surface area contributed by atoms with Gasteiger partial charge in [0.15, 0.2) is 12.0 Å². The molecule has 12 heteroatoms. The predicted octanol–water partition coefficient (Wildman–Crippen LogP) is 4.29. The maximum atomic E-state index is 15.2. The highest BCUT2D eigenvalue weighted by Crippen LogP contribution is 2.30. The number of carbonyl (C=O) groups is 1. The Hall–Kier alpha value is -4.47. The van der Waals surface area contributed by atoms with Crippen LogP contribution in [0.3, 0.4) is 0 Å². The summed E-state index contributed by atoms with van der Waals surface area (Å²) in [6.45, 7) is 7.69. The van der Waals surface area contributed by atoms with Gasteiger partial charge in [-0.05, 0) is 61.4 Å². The van der Waals surface area contributed by atoms with Gasteiger partial charge in [-0.2, -0.15) is 5.26 Å². The molecule has 1 aromatic heterocycles. The molecule has 2 atom stereocenters. The zero-order valence-corrected chi connectivity index (χ0v) is 25.9. The molecule has 1 N–H and O–H groups in total. The number of hydrogen-bond donors (Lipinski definition) is 1.